The summed E-state index contributed by atoms with van der Waals surface area (Å²) in [6.45, 7) is 3.55. The number of fused-ring (bicyclic) bond motifs is 1. The molecule has 17 heavy (non-hydrogen) atoms. The Kier molecular flexibility index (Phi) is 2.72. The lowest BCUT2D eigenvalue weighted by atomic mass is 10.0. The van der Waals surface area contributed by atoms with Gasteiger partial charge in [-0.05, 0) is 12.8 Å². The molecule has 0 saturated carbocycles. The zero-order valence-electron chi connectivity index (χ0n) is 9.68. The van der Waals surface area contributed by atoms with Crippen molar-refractivity contribution >= 4 is 22.6 Å². The highest BCUT2D eigenvalue weighted by Gasteiger charge is 2.26. The zero-order chi connectivity index (χ0) is 11.8. The van der Waals surface area contributed by atoms with E-state index in [4.69, 9.17) is 4.74 Å². The Balaban J connectivity index is 2.17. The molecule has 0 N–H and O–H groups in total. The fourth-order valence-electron chi connectivity index (χ4n) is 2.36. The summed E-state index contributed by atoms with van der Waals surface area (Å²) in [6, 6.07) is 0. The normalized spacial score (nSPS) is 20.2. The molecule has 0 spiro atoms. The van der Waals surface area contributed by atoms with Crippen LogP contribution >= 0.6 is 11.3 Å². The number of nitrogens with zero attached hydrogens (tertiary/aromatic N) is 2. The lowest BCUT2D eigenvalue weighted by Crippen LogP contribution is -2.04. The van der Waals surface area contributed by atoms with Crippen LogP contribution in [0.3, 0.4) is 0 Å². The van der Waals surface area contributed by atoms with Crippen LogP contribution in [0.1, 0.15) is 41.1 Å². The maximum atomic E-state index is 11.3. The van der Waals surface area contributed by atoms with Crippen LogP contribution in [-0.2, 0) is 11.2 Å². The minimum atomic E-state index is 0.284. The van der Waals surface area contributed by atoms with Gasteiger partial charge in [-0.1, -0.05) is 6.92 Å². The van der Waals surface area contributed by atoms with Crippen LogP contribution in [0.4, 0.5) is 0 Å². The highest BCUT2D eigenvalue weighted by atomic mass is 32.1. The quantitative estimate of drug-likeness (QED) is 0.785. The van der Waals surface area contributed by atoms with Crippen LogP contribution in [0.15, 0.2) is 5.38 Å². The Morgan fingerprint density at radius 3 is 3.24 bits per heavy atom. The van der Waals surface area contributed by atoms with Gasteiger partial charge in [0.25, 0.3) is 0 Å². The number of carbonyl (C=O) groups excluding carboxylic acids is 1. The second kappa shape index (κ2) is 4.23. The first-order valence-corrected chi connectivity index (χ1v) is 6.74. The molecule has 1 aliphatic rings. The summed E-state index contributed by atoms with van der Waals surface area (Å²) in [7, 11) is 0. The van der Waals surface area contributed by atoms with Gasteiger partial charge in [-0.25, -0.2) is 4.98 Å². The number of aryl methyl sites for hydroxylation is 1. The summed E-state index contributed by atoms with van der Waals surface area (Å²) in [5.74, 6) is 0.284. The van der Waals surface area contributed by atoms with E-state index in [1.54, 1.807) is 11.3 Å². The van der Waals surface area contributed by atoms with E-state index < -0.39 is 0 Å². The fourth-order valence-corrected chi connectivity index (χ4v) is 3.35. The van der Waals surface area contributed by atoms with E-state index in [1.807, 2.05) is 4.40 Å². The lowest BCUT2D eigenvalue weighted by Gasteiger charge is -2.04. The van der Waals surface area contributed by atoms with Crippen molar-refractivity contribution in [3.63, 3.8) is 0 Å². The third-order valence-electron chi connectivity index (χ3n) is 3.29. The van der Waals surface area contributed by atoms with E-state index in [2.05, 4.69) is 17.3 Å². The number of hydrogen-bond donors (Lipinski definition) is 0. The maximum absolute atomic E-state index is 11.3. The van der Waals surface area contributed by atoms with Crippen molar-refractivity contribution in [3.8, 4) is 0 Å². The van der Waals surface area contributed by atoms with Gasteiger partial charge in [0.1, 0.15) is 5.69 Å². The molecule has 1 unspecified atom stereocenters. The average molecular weight is 250 g/mol. The molecule has 1 fully saturated rings. The molecule has 3 heterocycles. The first-order valence-electron chi connectivity index (χ1n) is 5.86. The van der Waals surface area contributed by atoms with Crippen LogP contribution < -0.4 is 0 Å². The van der Waals surface area contributed by atoms with E-state index >= 15 is 0 Å². The number of rotatable bonds is 3. The topological polar surface area (TPSA) is 43.6 Å². The van der Waals surface area contributed by atoms with Gasteiger partial charge in [0.2, 0.25) is 0 Å². The Morgan fingerprint density at radius 2 is 2.59 bits per heavy atom. The van der Waals surface area contributed by atoms with Gasteiger partial charge in [0.15, 0.2) is 11.2 Å². The molecule has 3 rings (SSSR count). The molecule has 4 nitrogen and oxygen atoms in total. The van der Waals surface area contributed by atoms with E-state index in [0.717, 1.165) is 42.1 Å². The van der Waals surface area contributed by atoms with Crippen molar-refractivity contribution in [3.05, 3.63) is 22.5 Å². The molecular formula is C12H14N2O2S. The summed E-state index contributed by atoms with van der Waals surface area (Å²) < 4.78 is 7.37. The molecule has 0 aromatic carbocycles. The SMILES string of the molecule is CCc1csc2nc(C3CCOC3)c(C=O)n12. The van der Waals surface area contributed by atoms with Crippen LogP contribution in [0.5, 0.6) is 0 Å². The second-order valence-corrected chi connectivity index (χ2v) is 5.10. The van der Waals surface area contributed by atoms with Crippen molar-refractivity contribution in [1.29, 1.82) is 0 Å². The van der Waals surface area contributed by atoms with Crippen molar-refractivity contribution in [2.45, 2.75) is 25.7 Å². The third-order valence-corrected chi connectivity index (χ3v) is 4.16. The van der Waals surface area contributed by atoms with Crippen molar-refractivity contribution in [2.75, 3.05) is 13.2 Å². The largest absolute Gasteiger partial charge is 0.381 e. The Bertz CT molecular complexity index is 552. The van der Waals surface area contributed by atoms with Gasteiger partial charge < -0.3 is 4.74 Å². The van der Waals surface area contributed by atoms with Crippen molar-refractivity contribution < 1.29 is 9.53 Å². The highest BCUT2D eigenvalue weighted by Crippen LogP contribution is 2.30. The molecule has 1 atom stereocenters. The molecule has 0 radical (unpaired) electrons. The molecule has 5 heteroatoms. The first kappa shape index (κ1) is 10.9. The number of thiazole rings is 1. The van der Waals surface area contributed by atoms with Gasteiger partial charge >= 0.3 is 0 Å². The molecule has 90 valence electrons. The van der Waals surface area contributed by atoms with Gasteiger partial charge in [-0.2, -0.15) is 0 Å². The van der Waals surface area contributed by atoms with E-state index in [-0.39, 0.29) is 5.92 Å². The summed E-state index contributed by atoms with van der Waals surface area (Å²) in [4.78, 5) is 16.9. The number of aromatic nitrogens is 2. The zero-order valence-corrected chi connectivity index (χ0v) is 10.5. The summed E-state index contributed by atoms with van der Waals surface area (Å²) in [6.07, 6.45) is 2.81. The smallest absolute Gasteiger partial charge is 0.194 e. The molecule has 2 aromatic rings. The van der Waals surface area contributed by atoms with Gasteiger partial charge in [0, 0.05) is 23.6 Å². The molecule has 0 amide bonds. The molecule has 1 saturated heterocycles. The fraction of sp³-hybridized carbons (Fsp3) is 0.500. The molecule has 1 aliphatic heterocycles. The van der Waals surface area contributed by atoms with Gasteiger partial charge in [-0.15, -0.1) is 11.3 Å². The average Bonchev–Trinajstić information content (AvgIpc) is 3.03. The number of ether oxygens (including phenoxy) is 1. The minimum absolute atomic E-state index is 0.284. The number of carbonyl (C=O) groups is 1. The second-order valence-electron chi connectivity index (χ2n) is 4.26. The maximum Gasteiger partial charge on any atom is 0.194 e. The third kappa shape index (κ3) is 1.61. The first-order chi connectivity index (χ1) is 8.35. The molecular weight excluding hydrogens is 236 g/mol. The number of imidazole rings is 1. The Hall–Kier alpha value is -1.20. The van der Waals surface area contributed by atoms with E-state index in [9.17, 15) is 4.79 Å². The van der Waals surface area contributed by atoms with Gasteiger partial charge in [-0.3, -0.25) is 9.20 Å². The molecule has 0 aliphatic carbocycles. The summed E-state index contributed by atoms with van der Waals surface area (Å²) >= 11 is 1.60. The summed E-state index contributed by atoms with van der Waals surface area (Å²) in [5.41, 5.74) is 2.79. The lowest BCUT2D eigenvalue weighted by molar-refractivity contribution is 0.111. The Labute approximate surface area is 103 Å². The monoisotopic (exact) mass is 250 g/mol. The van der Waals surface area contributed by atoms with E-state index in [1.165, 1.54) is 0 Å². The van der Waals surface area contributed by atoms with Crippen LogP contribution in [0.2, 0.25) is 0 Å². The van der Waals surface area contributed by atoms with Crippen LogP contribution in [-0.4, -0.2) is 28.9 Å². The van der Waals surface area contributed by atoms with Crippen molar-refractivity contribution in [1.82, 2.24) is 9.38 Å². The van der Waals surface area contributed by atoms with E-state index in [0.29, 0.717) is 12.3 Å². The number of hydrogen-bond acceptors (Lipinski definition) is 4. The highest BCUT2D eigenvalue weighted by molar-refractivity contribution is 7.15. The summed E-state index contributed by atoms with van der Waals surface area (Å²) in [5, 5.41) is 2.07. The van der Waals surface area contributed by atoms with Gasteiger partial charge in [0.05, 0.1) is 12.3 Å². The predicted molar refractivity (Wildman–Crippen MR) is 66.0 cm³/mol. The standard InChI is InChI=1S/C12H14N2O2S/c1-2-9-7-17-12-13-11(8-3-4-16-6-8)10(5-15)14(9)12/h5,7-8H,2-4,6H2,1H3. The molecule has 0 bridgehead atoms. The van der Waals surface area contributed by atoms with Crippen molar-refractivity contribution in [2.24, 2.45) is 0 Å². The van der Waals surface area contributed by atoms with Crippen LogP contribution in [0, 0.1) is 0 Å². The predicted octanol–water partition coefficient (Wildman–Crippen LogP) is 2.27. The van der Waals surface area contributed by atoms with Crippen LogP contribution in [0.25, 0.3) is 4.96 Å². The Morgan fingerprint density at radius 1 is 1.71 bits per heavy atom. The molecule has 2 aromatic heterocycles. The number of aldehydes is 1. The minimum Gasteiger partial charge on any atom is -0.381 e.